The van der Waals surface area contributed by atoms with Gasteiger partial charge in [-0.2, -0.15) is 0 Å². The number of aliphatic hydroxyl groups is 1. The summed E-state index contributed by atoms with van der Waals surface area (Å²) in [5.41, 5.74) is 2.46. The maximum Gasteiger partial charge on any atom is 0.0606 e. The van der Waals surface area contributed by atoms with E-state index in [0.717, 1.165) is 6.54 Å². The summed E-state index contributed by atoms with van der Waals surface area (Å²) >= 11 is 0. The molecule has 0 saturated carbocycles. The first-order chi connectivity index (χ1) is 6.42. The Morgan fingerprint density at radius 2 is 2.07 bits per heavy atom. The topological polar surface area (TPSA) is 55.0 Å². The third-order valence-electron chi connectivity index (χ3n) is 2.27. The van der Waals surface area contributed by atoms with Crippen LogP contribution in [-0.2, 0) is 0 Å². The molecule has 0 aromatic heterocycles. The van der Waals surface area contributed by atoms with Crippen molar-refractivity contribution in [1.29, 1.82) is 0 Å². The van der Waals surface area contributed by atoms with Gasteiger partial charge in [-0.1, -0.05) is 30.4 Å². The summed E-state index contributed by atoms with van der Waals surface area (Å²) in [6.07, 6.45) is 4.25. The van der Waals surface area contributed by atoms with Crippen LogP contribution in [0.5, 0.6) is 0 Å². The molecule has 0 aliphatic carbocycles. The van der Waals surface area contributed by atoms with E-state index in [1.54, 1.807) is 0 Å². The molecule has 0 amide bonds. The number of hydrogen-bond donors (Lipinski definition) is 1. The van der Waals surface area contributed by atoms with Gasteiger partial charge in [-0.15, -0.1) is 0 Å². The standard InChI is InChI=1S/C11H13NO.H2O/c13-9-8-12-7-3-5-10-4-1-2-6-11(10)12;/h1-6,13H,7-9H2;1H2. The molecule has 2 rings (SSSR count). The fourth-order valence-electron chi connectivity index (χ4n) is 1.65. The van der Waals surface area contributed by atoms with E-state index in [9.17, 15) is 0 Å². The second kappa shape index (κ2) is 4.79. The second-order valence-electron chi connectivity index (χ2n) is 3.13. The summed E-state index contributed by atoms with van der Waals surface area (Å²) in [4.78, 5) is 2.18. The first-order valence-electron chi connectivity index (χ1n) is 4.53. The van der Waals surface area contributed by atoms with Crippen molar-refractivity contribution in [2.24, 2.45) is 0 Å². The van der Waals surface area contributed by atoms with Crippen molar-refractivity contribution in [3.8, 4) is 0 Å². The molecule has 0 radical (unpaired) electrons. The lowest BCUT2D eigenvalue weighted by atomic mass is 10.1. The number of fused-ring (bicyclic) bond motifs is 1. The first kappa shape index (κ1) is 10.8. The molecule has 3 N–H and O–H groups in total. The monoisotopic (exact) mass is 193 g/mol. The van der Waals surface area contributed by atoms with E-state index in [0.29, 0.717) is 6.54 Å². The van der Waals surface area contributed by atoms with Crippen molar-refractivity contribution >= 4 is 11.8 Å². The smallest absolute Gasteiger partial charge is 0.0606 e. The van der Waals surface area contributed by atoms with Crippen LogP contribution in [0.1, 0.15) is 5.56 Å². The quantitative estimate of drug-likeness (QED) is 0.751. The molecule has 14 heavy (non-hydrogen) atoms. The van der Waals surface area contributed by atoms with Crippen molar-refractivity contribution in [2.75, 3.05) is 24.6 Å². The molecule has 76 valence electrons. The highest BCUT2D eigenvalue weighted by Gasteiger charge is 2.10. The molecule has 0 bridgehead atoms. The van der Waals surface area contributed by atoms with Crippen LogP contribution in [0.4, 0.5) is 5.69 Å². The Morgan fingerprint density at radius 3 is 2.86 bits per heavy atom. The van der Waals surface area contributed by atoms with Crippen LogP contribution >= 0.6 is 0 Å². The van der Waals surface area contributed by atoms with Crippen molar-refractivity contribution in [1.82, 2.24) is 0 Å². The maximum absolute atomic E-state index is 8.88. The number of aliphatic hydroxyl groups excluding tert-OH is 1. The van der Waals surface area contributed by atoms with E-state index >= 15 is 0 Å². The van der Waals surface area contributed by atoms with E-state index in [2.05, 4.69) is 29.2 Å². The van der Waals surface area contributed by atoms with E-state index in [1.807, 2.05) is 12.1 Å². The number of β-amino-alcohol motifs (C(OH)–C–C–N with tert-alkyl or cyclic N) is 1. The molecule has 1 aromatic rings. The fraction of sp³-hybridized carbons (Fsp3) is 0.273. The third kappa shape index (κ3) is 1.95. The summed E-state index contributed by atoms with van der Waals surface area (Å²) < 4.78 is 0. The van der Waals surface area contributed by atoms with Crippen molar-refractivity contribution in [3.05, 3.63) is 35.9 Å². The van der Waals surface area contributed by atoms with E-state index in [-0.39, 0.29) is 12.1 Å². The van der Waals surface area contributed by atoms with Crippen molar-refractivity contribution in [3.63, 3.8) is 0 Å². The number of benzene rings is 1. The van der Waals surface area contributed by atoms with Crippen molar-refractivity contribution in [2.45, 2.75) is 0 Å². The van der Waals surface area contributed by atoms with Gasteiger partial charge in [0.15, 0.2) is 0 Å². The molecule has 0 atom stereocenters. The Hall–Kier alpha value is -1.32. The zero-order valence-corrected chi connectivity index (χ0v) is 7.98. The van der Waals surface area contributed by atoms with Gasteiger partial charge < -0.3 is 15.5 Å². The van der Waals surface area contributed by atoms with Crippen LogP contribution in [0.15, 0.2) is 30.3 Å². The first-order valence-corrected chi connectivity index (χ1v) is 4.53. The second-order valence-corrected chi connectivity index (χ2v) is 3.13. The van der Waals surface area contributed by atoms with Gasteiger partial charge in [0.25, 0.3) is 0 Å². The molecule has 1 aromatic carbocycles. The Kier molecular flexibility index (Phi) is 3.68. The highest BCUT2D eigenvalue weighted by molar-refractivity contribution is 5.71. The Morgan fingerprint density at radius 1 is 1.29 bits per heavy atom. The van der Waals surface area contributed by atoms with Gasteiger partial charge in [0.05, 0.1) is 6.61 Å². The molecule has 1 aliphatic rings. The van der Waals surface area contributed by atoms with Crippen LogP contribution in [0.2, 0.25) is 0 Å². The number of nitrogens with zero attached hydrogens (tertiary/aromatic N) is 1. The fourth-order valence-corrected chi connectivity index (χ4v) is 1.65. The van der Waals surface area contributed by atoms with E-state index < -0.39 is 0 Å². The highest BCUT2D eigenvalue weighted by Crippen LogP contribution is 2.24. The van der Waals surface area contributed by atoms with Gasteiger partial charge in [-0.05, 0) is 11.6 Å². The number of hydrogen-bond acceptors (Lipinski definition) is 2. The van der Waals surface area contributed by atoms with Crippen LogP contribution in [0, 0.1) is 0 Å². The summed E-state index contributed by atoms with van der Waals surface area (Å²) in [5, 5.41) is 8.88. The summed E-state index contributed by atoms with van der Waals surface area (Å²) in [5.74, 6) is 0. The van der Waals surface area contributed by atoms with E-state index in [4.69, 9.17) is 5.11 Å². The minimum absolute atomic E-state index is 0. The van der Waals surface area contributed by atoms with Crippen molar-refractivity contribution < 1.29 is 10.6 Å². The van der Waals surface area contributed by atoms with E-state index in [1.165, 1.54) is 11.3 Å². The molecular weight excluding hydrogens is 178 g/mol. The molecule has 0 fully saturated rings. The van der Waals surface area contributed by atoms with Gasteiger partial charge in [0, 0.05) is 18.8 Å². The zero-order valence-electron chi connectivity index (χ0n) is 7.98. The lowest BCUT2D eigenvalue weighted by Crippen LogP contribution is -2.28. The van der Waals surface area contributed by atoms with Crippen LogP contribution in [0.25, 0.3) is 6.08 Å². The molecule has 0 unspecified atom stereocenters. The van der Waals surface area contributed by atoms with Gasteiger partial charge in [-0.25, -0.2) is 0 Å². The zero-order chi connectivity index (χ0) is 9.10. The molecule has 1 heterocycles. The normalized spacial score (nSPS) is 13.4. The highest BCUT2D eigenvalue weighted by atomic mass is 16.3. The molecule has 0 saturated heterocycles. The van der Waals surface area contributed by atoms with Gasteiger partial charge in [0.1, 0.15) is 0 Å². The van der Waals surface area contributed by atoms with Gasteiger partial charge >= 0.3 is 0 Å². The lowest BCUT2D eigenvalue weighted by Gasteiger charge is -2.27. The average molecular weight is 193 g/mol. The molecular formula is C11H15NO2. The maximum atomic E-state index is 8.88. The number of rotatable bonds is 2. The summed E-state index contributed by atoms with van der Waals surface area (Å²) in [7, 11) is 0. The average Bonchev–Trinajstić information content (AvgIpc) is 2.19. The predicted molar refractivity (Wildman–Crippen MR) is 58.4 cm³/mol. The summed E-state index contributed by atoms with van der Waals surface area (Å²) in [6, 6.07) is 8.25. The third-order valence-corrected chi connectivity index (χ3v) is 2.27. The minimum Gasteiger partial charge on any atom is -0.412 e. The largest absolute Gasteiger partial charge is 0.412 e. The van der Waals surface area contributed by atoms with Crippen LogP contribution < -0.4 is 4.90 Å². The predicted octanol–water partition coefficient (Wildman–Crippen LogP) is 0.687. The number of para-hydroxylation sites is 1. The SMILES string of the molecule is O.OCCN1CC=Cc2ccccc21. The molecule has 3 heteroatoms. The number of anilines is 1. The Balaban J connectivity index is 0.000000980. The lowest BCUT2D eigenvalue weighted by molar-refractivity contribution is 0.303. The Bertz CT molecular complexity index is 323. The molecule has 3 nitrogen and oxygen atoms in total. The van der Waals surface area contributed by atoms with Gasteiger partial charge in [0.2, 0.25) is 0 Å². The minimum atomic E-state index is 0. The van der Waals surface area contributed by atoms with Gasteiger partial charge in [-0.3, -0.25) is 0 Å². The van der Waals surface area contributed by atoms with Crippen LogP contribution in [-0.4, -0.2) is 30.3 Å². The summed E-state index contributed by atoms with van der Waals surface area (Å²) in [6.45, 7) is 1.82. The van der Waals surface area contributed by atoms with Crippen LogP contribution in [0.3, 0.4) is 0 Å². The Labute approximate surface area is 83.6 Å². The molecule has 1 aliphatic heterocycles. The molecule has 0 spiro atoms.